The number of nitrogens with zero attached hydrogens (tertiary/aromatic N) is 5. The van der Waals surface area contributed by atoms with E-state index in [0.717, 1.165) is 53.7 Å². The smallest absolute Gasteiger partial charge is 0.301 e. The number of hydrogen-bond acceptors (Lipinski definition) is 8. The van der Waals surface area contributed by atoms with E-state index in [0.29, 0.717) is 17.9 Å². The first-order chi connectivity index (χ1) is 18.6. The van der Waals surface area contributed by atoms with Gasteiger partial charge in [0.05, 0.1) is 16.8 Å². The Morgan fingerprint density at radius 1 is 1.18 bits per heavy atom. The zero-order valence-corrected chi connectivity index (χ0v) is 22.1. The lowest BCUT2D eigenvalue weighted by Gasteiger charge is -2.27. The number of nitrogens with one attached hydrogen (secondary N) is 3. The molecule has 2 aliphatic heterocycles. The van der Waals surface area contributed by atoms with Crippen LogP contribution in [0.25, 0.3) is 22.2 Å². The van der Waals surface area contributed by atoms with Gasteiger partial charge in [-0.15, -0.1) is 0 Å². The van der Waals surface area contributed by atoms with Gasteiger partial charge in [-0.2, -0.15) is 17.7 Å². The van der Waals surface area contributed by atoms with E-state index in [1.165, 1.54) is 19.3 Å². The molecule has 15 heteroatoms. The molecule has 2 aliphatic rings. The van der Waals surface area contributed by atoms with Crippen LogP contribution in [0.15, 0.2) is 29.2 Å². The fourth-order valence-electron chi connectivity index (χ4n) is 4.76. The minimum Gasteiger partial charge on any atom is -0.353 e. The molecule has 0 bridgehead atoms. The summed E-state index contributed by atoms with van der Waals surface area (Å²) in [6.45, 7) is 4.74. The first-order valence-corrected chi connectivity index (χ1v) is 14.0. The highest BCUT2D eigenvalue weighted by atomic mass is 32.2. The molecule has 11 nitrogen and oxygen atoms in total. The molecule has 0 spiro atoms. The van der Waals surface area contributed by atoms with Crippen LogP contribution in [0.4, 0.5) is 24.8 Å². The maximum absolute atomic E-state index is 15.5. The van der Waals surface area contributed by atoms with E-state index in [1.807, 2.05) is 4.72 Å². The van der Waals surface area contributed by atoms with Crippen LogP contribution in [-0.2, 0) is 17.3 Å². The van der Waals surface area contributed by atoms with Crippen LogP contribution < -0.4 is 20.9 Å². The molecule has 3 aromatic rings. The van der Waals surface area contributed by atoms with Crippen molar-refractivity contribution in [2.45, 2.75) is 12.6 Å². The zero-order valence-electron chi connectivity index (χ0n) is 21.3. The largest absolute Gasteiger partial charge is 0.353 e. The van der Waals surface area contributed by atoms with Gasteiger partial charge in [0.25, 0.3) is 5.56 Å². The van der Waals surface area contributed by atoms with Crippen molar-refractivity contribution in [3.8, 4) is 11.1 Å². The van der Waals surface area contributed by atoms with Gasteiger partial charge in [-0.1, -0.05) is 0 Å². The third-order valence-corrected chi connectivity index (χ3v) is 8.39. The summed E-state index contributed by atoms with van der Waals surface area (Å²) in [7, 11) is -2.86. The second-order valence-electron chi connectivity index (χ2n) is 9.55. The van der Waals surface area contributed by atoms with Crippen LogP contribution >= 0.6 is 0 Å². The molecule has 1 aromatic carbocycles. The second-order valence-corrected chi connectivity index (χ2v) is 11.2. The highest BCUT2D eigenvalue weighted by Gasteiger charge is 2.32. The van der Waals surface area contributed by atoms with Crippen LogP contribution in [0.2, 0.25) is 0 Å². The maximum Gasteiger partial charge on any atom is 0.301 e. The van der Waals surface area contributed by atoms with Gasteiger partial charge < -0.3 is 10.6 Å². The molecule has 0 amide bonds. The molecule has 210 valence electrons. The summed E-state index contributed by atoms with van der Waals surface area (Å²) in [6, 6.07) is 3.06. The zero-order chi connectivity index (χ0) is 27.7. The fraction of sp³-hybridized carbons (Fsp3) is 0.458. The van der Waals surface area contributed by atoms with E-state index >= 15 is 4.39 Å². The molecule has 1 atom stereocenters. The highest BCUT2D eigenvalue weighted by Crippen LogP contribution is 2.31. The van der Waals surface area contributed by atoms with Crippen molar-refractivity contribution in [3.05, 3.63) is 46.4 Å². The summed E-state index contributed by atoms with van der Waals surface area (Å²) >= 11 is 0. The highest BCUT2D eigenvalue weighted by molar-refractivity contribution is 7.90. The SMILES string of the molecule is Cn1c(=O)c(-c2c(F)ccc(NS(=O)(=O)N3CC[C@@H](F)C3)c2F)cc2cnc(NCCN3CCNCC3)nc21. The molecular weight excluding hydrogens is 537 g/mol. The lowest BCUT2D eigenvalue weighted by atomic mass is 10.0. The molecule has 0 saturated carbocycles. The van der Waals surface area contributed by atoms with Crippen LogP contribution in [0, 0.1) is 11.6 Å². The third-order valence-electron chi connectivity index (χ3n) is 6.90. The molecule has 39 heavy (non-hydrogen) atoms. The van der Waals surface area contributed by atoms with Gasteiger partial charge in [0.1, 0.15) is 17.6 Å². The number of halogens is 3. The number of hydrogen-bond donors (Lipinski definition) is 3. The Kier molecular flexibility index (Phi) is 7.75. The van der Waals surface area contributed by atoms with Crippen molar-refractivity contribution in [3.63, 3.8) is 0 Å². The predicted octanol–water partition coefficient (Wildman–Crippen LogP) is 1.29. The summed E-state index contributed by atoms with van der Waals surface area (Å²) in [4.78, 5) is 24.2. The number of rotatable bonds is 8. The number of alkyl halides is 1. The summed E-state index contributed by atoms with van der Waals surface area (Å²) < 4.78 is 73.2. The van der Waals surface area contributed by atoms with Gasteiger partial charge in [0.15, 0.2) is 5.82 Å². The Hall–Kier alpha value is -3.27. The molecular formula is C24H29F3N8O3S. The van der Waals surface area contributed by atoms with Crippen molar-refractivity contribution in [1.82, 2.24) is 29.1 Å². The van der Waals surface area contributed by atoms with E-state index in [1.54, 1.807) is 0 Å². The van der Waals surface area contributed by atoms with E-state index in [-0.39, 0.29) is 30.7 Å². The first kappa shape index (κ1) is 27.3. The summed E-state index contributed by atoms with van der Waals surface area (Å²) in [5, 5.41) is 6.79. The van der Waals surface area contributed by atoms with Gasteiger partial charge in [-0.3, -0.25) is 19.0 Å². The van der Waals surface area contributed by atoms with Crippen LogP contribution in [0.1, 0.15) is 6.42 Å². The van der Waals surface area contributed by atoms with Gasteiger partial charge in [-0.05, 0) is 24.6 Å². The lowest BCUT2D eigenvalue weighted by Crippen LogP contribution is -2.45. The number of aryl methyl sites for hydroxylation is 1. The maximum atomic E-state index is 15.5. The van der Waals surface area contributed by atoms with Crippen molar-refractivity contribution in [1.29, 1.82) is 0 Å². The van der Waals surface area contributed by atoms with E-state index in [4.69, 9.17) is 0 Å². The molecule has 2 saturated heterocycles. The van der Waals surface area contributed by atoms with Crippen LogP contribution in [-0.4, -0.2) is 90.7 Å². The number of benzene rings is 1. The van der Waals surface area contributed by atoms with Gasteiger partial charge >= 0.3 is 10.2 Å². The van der Waals surface area contributed by atoms with Gasteiger partial charge in [0, 0.05) is 71.0 Å². The number of fused-ring (bicyclic) bond motifs is 1. The number of anilines is 2. The summed E-state index contributed by atoms with van der Waals surface area (Å²) in [5.41, 5.74) is -2.05. The monoisotopic (exact) mass is 566 g/mol. The second kappa shape index (κ2) is 11.1. The van der Waals surface area contributed by atoms with Gasteiger partial charge in [-0.25, -0.2) is 18.2 Å². The average molecular weight is 567 g/mol. The predicted molar refractivity (Wildman–Crippen MR) is 142 cm³/mol. The van der Waals surface area contributed by atoms with Crippen LogP contribution in [0.3, 0.4) is 0 Å². The molecule has 5 rings (SSSR count). The standard InChI is InChI=1S/C24H29F3N8O3S/c1-33-22-15(13-30-24(31-22)29-7-11-34-9-5-28-6-10-34)12-17(23(33)36)20-18(26)2-3-19(21(20)27)32-39(37,38)35-8-4-16(25)14-35/h2-3,12-13,16,28,32H,4-11,14H2,1H3,(H,29,30,31)/t16-/m1/s1. The number of piperazine rings is 1. The molecule has 0 aliphatic carbocycles. The lowest BCUT2D eigenvalue weighted by molar-refractivity contribution is 0.249. The Morgan fingerprint density at radius 3 is 2.67 bits per heavy atom. The quantitative estimate of drug-likeness (QED) is 0.373. The van der Waals surface area contributed by atoms with Crippen LogP contribution in [0.5, 0.6) is 0 Å². The minimum absolute atomic E-state index is 0.0284. The Labute approximate surface area is 223 Å². The molecule has 3 N–H and O–H groups in total. The topological polar surface area (TPSA) is 124 Å². The Bertz CT molecular complexity index is 1550. The van der Waals surface area contributed by atoms with Crippen molar-refractivity contribution >= 4 is 32.9 Å². The third kappa shape index (κ3) is 5.71. The van der Waals surface area contributed by atoms with E-state index in [2.05, 4.69) is 25.5 Å². The summed E-state index contributed by atoms with van der Waals surface area (Å²) in [5.74, 6) is -2.01. The van der Waals surface area contributed by atoms with Crippen molar-refractivity contribution in [2.75, 3.05) is 62.4 Å². The number of aromatic nitrogens is 3. The first-order valence-electron chi connectivity index (χ1n) is 12.6. The average Bonchev–Trinajstić information content (AvgIpc) is 3.37. The molecule has 2 aromatic heterocycles. The van der Waals surface area contributed by atoms with Crippen molar-refractivity contribution < 1.29 is 21.6 Å². The minimum atomic E-state index is -4.29. The molecule has 2 fully saturated rings. The normalized spacial score (nSPS) is 19.0. The van der Waals surface area contributed by atoms with Gasteiger partial charge in [0.2, 0.25) is 5.95 Å². The number of pyridine rings is 1. The molecule has 0 radical (unpaired) electrons. The van der Waals surface area contributed by atoms with E-state index in [9.17, 15) is 22.0 Å². The Morgan fingerprint density at radius 2 is 1.95 bits per heavy atom. The van der Waals surface area contributed by atoms with E-state index < -0.39 is 44.8 Å². The molecule has 0 unspecified atom stereocenters. The molecule has 4 heterocycles. The fourth-order valence-corrected chi connectivity index (χ4v) is 6.03. The summed E-state index contributed by atoms with van der Waals surface area (Å²) in [6.07, 6.45) is 0.156. The van der Waals surface area contributed by atoms with Crippen molar-refractivity contribution in [2.24, 2.45) is 7.05 Å². The Balaban J connectivity index is 1.42.